The van der Waals surface area contributed by atoms with Crippen molar-refractivity contribution >= 4 is 28.8 Å². The summed E-state index contributed by atoms with van der Waals surface area (Å²) in [6, 6.07) is 7.27. The van der Waals surface area contributed by atoms with Crippen LogP contribution in [0.25, 0.3) is 11.0 Å². The molecule has 2 aromatic heterocycles. The number of para-hydroxylation sites is 1. The molecule has 7 nitrogen and oxygen atoms in total. The summed E-state index contributed by atoms with van der Waals surface area (Å²) in [5, 5.41) is 0.721. The van der Waals surface area contributed by atoms with Crippen molar-refractivity contribution in [1.29, 1.82) is 0 Å². The number of rotatable bonds is 9. The van der Waals surface area contributed by atoms with Crippen LogP contribution in [0.2, 0.25) is 0 Å². The fraction of sp³-hybridized carbons (Fsp3) is 0.350. The number of methoxy groups -OCH3 is 2. The number of thioether (sulfide) groups is 1. The number of esters is 1. The monoisotopic (exact) mass is 401 g/mol. The fourth-order valence-electron chi connectivity index (χ4n) is 2.74. The maximum absolute atomic E-state index is 11.9. The van der Waals surface area contributed by atoms with Crippen LogP contribution in [0, 0.1) is 6.92 Å². The lowest BCUT2D eigenvalue weighted by atomic mass is 10.2. The van der Waals surface area contributed by atoms with Gasteiger partial charge in [-0.2, -0.15) is 0 Å². The molecule has 2 heterocycles. The summed E-state index contributed by atoms with van der Waals surface area (Å²) in [5.74, 6) is 1.07. The molecule has 0 saturated carbocycles. The van der Waals surface area contributed by atoms with E-state index in [1.807, 2.05) is 19.1 Å². The summed E-state index contributed by atoms with van der Waals surface area (Å²) >= 11 is 1.53. The molecule has 0 unspecified atom stereocenters. The minimum atomic E-state index is -0.399. The number of aromatic amines is 1. The van der Waals surface area contributed by atoms with Crippen molar-refractivity contribution in [3.05, 3.63) is 47.3 Å². The average Bonchev–Trinajstić information content (AvgIpc) is 3.14. The van der Waals surface area contributed by atoms with Gasteiger partial charge in [0.2, 0.25) is 0 Å². The van der Waals surface area contributed by atoms with Crippen LogP contribution in [-0.4, -0.2) is 48.4 Å². The van der Waals surface area contributed by atoms with Crippen LogP contribution >= 0.6 is 11.8 Å². The van der Waals surface area contributed by atoms with Crippen LogP contribution < -0.4 is 4.74 Å². The molecule has 0 aliphatic heterocycles. The highest BCUT2D eigenvalue weighted by Crippen LogP contribution is 2.28. The molecule has 0 bridgehead atoms. The second-order valence-corrected chi connectivity index (χ2v) is 7.06. The lowest BCUT2D eigenvalue weighted by Gasteiger charge is -2.11. The molecule has 0 spiro atoms. The van der Waals surface area contributed by atoms with Crippen molar-refractivity contribution < 1.29 is 19.0 Å². The number of hydrogen-bond acceptors (Lipinski definition) is 7. The quantitative estimate of drug-likeness (QED) is 0.332. The van der Waals surface area contributed by atoms with Gasteiger partial charge in [-0.05, 0) is 25.1 Å². The number of carbonyl (C=O) groups is 1. The zero-order valence-electron chi connectivity index (χ0n) is 16.2. The smallest absolute Gasteiger partial charge is 0.340 e. The molecule has 148 valence electrons. The number of fused-ring (bicyclic) bond motifs is 1. The summed E-state index contributed by atoms with van der Waals surface area (Å²) in [4.78, 5) is 24.2. The van der Waals surface area contributed by atoms with Crippen molar-refractivity contribution in [3.63, 3.8) is 0 Å². The first-order valence-corrected chi connectivity index (χ1v) is 9.88. The third-order valence-electron chi connectivity index (χ3n) is 4.25. The minimum Gasteiger partial charge on any atom is -0.493 e. The number of H-pyrrole nitrogens is 1. The topological polar surface area (TPSA) is 86.3 Å². The molecule has 0 fully saturated rings. The first-order valence-electron chi connectivity index (χ1n) is 8.90. The summed E-state index contributed by atoms with van der Waals surface area (Å²) < 4.78 is 15.7. The highest BCUT2D eigenvalue weighted by molar-refractivity contribution is 7.98. The number of benzene rings is 1. The molecule has 1 aromatic carbocycles. The van der Waals surface area contributed by atoms with E-state index in [1.165, 1.54) is 18.9 Å². The Kier molecular flexibility index (Phi) is 6.89. The van der Waals surface area contributed by atoms with E-state index in [2.05, 4.69) is 15.0 Å². The van der Waals surface area contributed by atoms with Crippen LogP contribution in [0.3, 0.4) is 0 Å². The van der Waals surface area contributed by atoms with Crippen molar-refractivity contribution in [2.45, 2.75) is 24.3 Å². The van der Waals surface area contributed by atoms with E-state index in [0.29, 0.717) is 30.0 Å². The number of ether oxygens (including phenoxy) is 3. The maximum atomic E-state index is 11.9. The average molecular weight is 401 g/mol. The fourth-order valence-corrected chi connectivity index (χ4v) is 3.64. The SMILES string of the molecule is COCCCOc1ccnc(CSc2nc3c(C(=O)OC)cccc3[nH]2)c1C. The Bertz CT molecular complexity index is 958. The van der Waals surface area contributed by atoms with Crippen LogP contribution in [-0.2, 0) is 15.2 Å². The number of carbonyl (C=O) groups excluding carboxylic acids is 1. The molecule has 0 aliphatic rings. The van der Waals surface area contributed by atoms with Gasteiger partial charge in [-0.3, -0.25) is 4.98 Å². The largest absolute Gasteiger partial charge is 0.493 e. The molecule has 0 saturated heterocycles. The van der Waals surface area contributed by atoms with E-state index in [9.17, 15) is 4.79 Å². The van der Waals surface area contributed by atoms with Gasteiger partial charge >= 0.3 is 5.97 Å². The first-order chi connectivity index (χ1) is 13.6. The van der Waals surface area contributed by atoms with Crippen LogP contribution in [0.15, 0.2) is 35.6 Å². The van der Waals surface area contributed by atoms with Crippen molar-refractivity contribution in [1.82, 2.24) is 15.0 Å². The Hall–Kier alpha value is -2.58. The van der Waals surface area contributed by atoms with Gasteiger partial charge in [-0.1, -0.05) is 17.8 Å². The van der Waals surface area contributed by atoms with E-state index in [-0.39, 0.29) is 0 Å². The van der Waals surface area contributed by atoms with Crippen LogP contribution in [0.5, 0.6) is 5.75 Å². The highest BCUT2D eigenvalue weighted by Gasteiger charge is 2.15. The minimum absolute atomic E-state index is 0.399. The standard InChI is InChI=1S/C20H23N3O4S/c1-13-16(21-9-8-17(13)27-11-5-10-25-2)12-28-20-22-15-7-4-6-14(18(15)23-20)19(24)26-3/h4,6-9H,5,10-12H2,1-3H3,(H,22,23). The van der Waals surface area contributed by atoms with Crippen LogP contribution in [0.4, 0.5) is 0 Å². The molecule has 0 amide bonds. The number of aromatic nitrogens is 3. The van der Waals surface area contributed by atoms with E-state index in [4.69, 9.17) is 14.2 Å². The third-order valence-corrected chi connectivity index (χ3v) is 5.14. The molecule has 0 radical (unpaired) electrons. The van der Waals surface area contributed by atoms with Gasteiger partial charge in [0, 0.05) is 37.7 Å². The normalized spacial score (nSPS) is 11.0. The zero-order valence-corrected chi connectivity index (χ0v) is 17.0. The number of hydrogen-bond donors (Lipinski definition) is 1. The van der Waals surface area contributed by atoms with Gasteiger partial charge in [0.15, 0.2) is 5.16 Å². The predicted octanol–water partition coefficient (Wildman–Crippen LogP) is 3.76. The second-order valence-electron chi connectivity index (χ2n) is 6.10. The van der Waals surface area contributed by atoms with E-state index in [0.717, 1.165) is 34.1 Å². The Balaban J connectivity index is 1.71. The molecule has 8 heteroatoms. The van der Waals surface area contributed by atoms with Crippen molar-refractivity contribution in [2.75, 3.05) is 27.4 Å². The Morgan fingerprint density at radius 1 is 1.21 bits per heavy atom. The molecule has 28 heavy (non-hydrogen) atoms. The second kappa shape index (κ2) is 9.57. The van der Waals surface area contributed by atoms with Crippen LogP contribution in [0.1, 0.15) is 28.0 Å². The first kappa shape index (κ1) is 20.2. The molecule has 3 rings (SSSR count). The number of nitrogens with one attached hydrogen (secondary N) is 1. The van der Waals surface area contributed by atoms with Gasteiger partial charge in [-0.15, -0.1) is 0 Å². The van der Waals surface area contributed by atoms with E-state index < -0.39 is 5.97 Å². The number of imidazole rings is 1. The van der Waals surface area contributed by atoms with Gasteiger partial charge in [0.1, 0.15) is 11.3 Å². The highest BCUT2D eigenvalue weighted by atomic mass is 32.2. The molecular weight excluding hydrogens is 378 g/mol. The molecular formula is C20H23N3O4S. The summed E-state index contributed by atoms with van der Waals surface area (Å²) in [6.45, 7) is 3.28. The predicted molar refractivity (Wildman–Crippen MR) is 108 cm³/mol. The van der Waals surface area contributed by atoms with E-state index in [1.54, 1.807) is 25.4 Å². The number of pyridine rings is 1. The van der Waals surface area contributed by atoms with Crippen molar-refractivity contribution in [2.24, 2.45) is 0 Å². The molecule has 3 aromatic rings. The summed E-state index contributed by atoms with van der Waals surface area (Å²) in [6.07, 6.45) is 2.59. The lowest BCUT2D eigenvalue weighted by Crippen LogP contribution is -2.04. The zero-order chi connectivity index (χ0) is 19.9. The maximum Gasteiger partial charge on any atom is 0.340 e. The van der Waals surface area contributed by atoms with Gasteiger partial charge in [-0.25, -0.2) is 9.78 Å². The number of nitrogens with zero attached hydrogens (tertiary/aromatic N) is 2. The third kappa shape index (κ3) is 4.63. The van der Waals surface area contributed by atoms with E-state index >= 15 is 0 Å². The summed E-state index contributed by atoms with van der Waals surface area (Å²) in [7, 11) is 3.04. The lowest BCUT2D eigenvalue weighted by molar-refractivity contribution is 0.0602. The van der Waals surface area contributed by atoms with Gasteiger partial charge < -0.3 is 19.2 Å². The van der Waals surface area contributed by atoms with Gasteiger partial charge in [0.25, 0.3) is 0 Å². The Morgan fingerprint density at radius 2 is 2.07 bits per heavy atom. The van der Waals surface area contributed by atoms with Crippen molar-refractivity contribution in [3.8, 4) is 5.75 Å². The van der Waals surface area contributed by atoms with Gasteiger partial charge in [0.05, 0.1) is 30.5 Å². The molecule has 0 aliphatic carbocycles. The Morgan fingerprint density at radius 3 is 2.86 bits per heavy atom. The molecule has 0 atom stereocenters. The molecule has 1 N–H and O–H groups in total. The summed E-state index contributed by atoms with van der Waals surface area (Å²) in [5.41, 5.74) is 3.80. The Labute approximate surface area is 167 Å².